The molecular weight excluding hydrogens is 284 g/mol. The molecule has 1 aromatic carbocycles. The van der Waals surface area contributed by atoms with Crippen LogP contribution in [0.1, 0.15) is 12.5 Å². The Kier molecular flexibility index (Phi) is 4.35. The third kappa shape index (κ3) is 2.88. The molecule has 0 spiro atoms. The van der Waals surface area contributed by atoms with Crippen molar-refractivity contribution in [2.45, 2.75) is 13.3 Å². The summed E-state index contributed by atoms with van der Waals surface area (Å²) in [5.74, 6) is -2.06. The Bertz CT molecular complexity index is 642. The molecule has 2 rings (SSSR count). The number of hydrogen-bond donors (Lipinski definition) is 2. The highest BCUT2D eigenvalue weighted by atomic mass is 16.5. The van der Waals surface area contributed by atoms with Crippen LogP contribution in [0.25, 0.3) is 0 Å². The van der Waals surface area contributed by atoms with E-state index < -0.39 is 23.3 Å². The van der Waals surface area contributed by atoms with Crippen LogP contribution in [0.3, 0.4) is 0 Å². The van der Waals surface area contributed by atoms with E-state index in [0.29, 0.717) is 12.2 Å². The van der Waals surface area contributed by atoms with Gasteiger partial charge in [-0.15, -0.1) is 0 Å². The van der Waals surface area contributed by atoms with Crippen molar-refractivity contribution >= 4 is 11.9 Å². The minimum atomic E-state index is -1.25. The average molecular weight is 302 g/mol. The van der Waals surface area contributed by atoms with Gasteiger partial charge in [0.25, 0.3) is 0 Å². The van der Waals surface area contributed by atoms with Crippen molar-refractivity contribution in [1.29, 1.82) is 0 Å². The first-order valence-electron chi connectivity index (χ1n) is 6.87. The van der Waals surface area contributed by atoms with Crippen LogP contribution in [-0.4, -0.2) is 29.3 Å². The second-order valence-corrected chi connectivity index (χ2v) is 5.48. The maximum atomic E-state index is 11.7. The molecule has 0 heterocycles. The fourth-order valence-corrected chi connectivity index (χ4v) is 2.67. The fraction of sp³-hybridized carbons (Fsp3) is 0.294. The monoisotopic (exact) mass is 302 g/mol. The van der Waals surface area contributed by atoms with E-state index in [0.717, 1.165) is 5.56 Å². The summed E-state index contributed by atoms with van der Waals surface area (Å²) in [5, 5.41) is 18.9. The van der Waals surface area contributed by atoms with Crippen LogP contribution < -0.4 is 4.74 Å². The van der Waals surface area contributed by atoms with E-state index in [2.05, 4.69) is 0 Å². The van der Waals surface area contributed by atoms with Crippen LogP contribution in [-0.2, 0) is 16.0 Å². The second-order valence-electron chi connectivity index (χ2n) is 5.48. The molecule has 0 saturated heterocycles. The zero-order valence-electron chi connectivity index (χ0n) is 12.4. The molecule has 116 valence electrons. The number of allylic oxidation sites excluding steroid dienone is 2. The van der Waals surface area contributed by atoms with Crippen molar-refractivity contribution in [3.8, 4) is 5.75 Å². The standard InChI is InChI=1S/C17H18O5/c1-17(16(20)21)9-3-4-13(15(18)19)14(17)10-11-5-7-12(22-2)8-6-11/h3-9,14H,10H2,1-2H3,(H,18,19)(H,20,21). The highest BCUT2D eigenvalue weighted by molar-refractivity contribution is 5.91. The average Bonchev–Trinajstić information content (AvgIpc) is 2.49. The topological polar surface area (TPSA) is 83.8 Å². The second kappa shape index (κ2) is 6.05. The molecule has 2 N–H and O–H groups in total. The molecular formula is C17H18O5. The van der Waals surface area contributed by atoms with Gasteiger partial charge in [-0.3, -0.25) is 4.79 Å². The van der Waals surface area contributed by atoms with Gasteiger partial charge in [-0.1, -0.05) is 30.4 Å². The molecule has 0 saturated carbocycles. The van der Waals surface area contributed by atoms with E-state index in [1.165, 1.54) is 12.2 Å². The summed E-state index contributed by atoms with van der Waals surface area (Å²) >= 11 is 0. The minimum absolute atomic E-state index is 0.114. The number of hydrogen-bond acceptors (Lipinski definition) is 3. The van der Waals surface area contributed by atoms with E-state index in [9.17, 15) is 19.8 Å². The van der Waals surface area contributed by atoms with Crippen molar-refractivity contribution in [3.05, 3.63) is 53.6 Å². The SMILES string of the molecule is COc1ccc(CC2C(C(=O)O)=CC=CC2(C)C(=O)O)cc1. The Morgan fingerprint density at radius 3 is 2.36 bits per heavy atom. The van der Waals surface area contributed by atoms with Gasteiger partial charge < -0.3 is 14.9 Å². The molecule has 2 atom stereocenters. The van der Waals surface area contributed by atoms with E-state index in [4.69, 9.17) is 4.74 Å². The van der Waals surface area contributed by atoms with Crippen LogP contribution in [0.2, 0.25) is 0 Å². The molecule has 5 heteroatoms. The Balaban J connectivity index is 2.37. The van der Waals surface area contributed by atoms with Crippen molar-refractivity contribution in [3.63, 3.8) is 0 Å². The number of benzene rings is 1. The molecule has 5 nitrogen and oxygen atoms in total. The summed E-state index contributed by atoms with van der Waals surface area (Å²) in [6.45, 7) is 1.55. The highest BCUT2D eigenvalue weighted by Crippen LogP contribution is 2.40. The Morgan fingerprint density at radius 1 is 1.23 bits per heavy atom. The summed E-state index contributed by atoms with van der Waals surface area (Å²) in [4.78, 5) is 23.1. The molecule has 1 aliphatic carbocycles. The lowest BCUT2D eigenvalue weighted by molar-refractivity contribution is -0.147. The predicted molar refractivity (Wildman–Crippen MR) is 80.8 cm³/mol. The first-order chi connectivity index (χ1) is 10.4. The van der Waals surface area contributed by atoms with Gasteiger partial charge in [0.05, 0.1) is 12.5 Å². The van der Waals surface area contributed by atoms with Crippen molar-refractivity contribution in [2.24, 2.45) is 11.3 Å². The summed E-state index contributed by atoms with van der Waals surface area (Å²) in [6.07, 6.45) is 4.86. The number of rotatable bonds is 5. The molecule has 0 fully saturated rings. The molecule has 0 amide bonds. The van der Waals surface area contributed by atoms with Crippen LogP contribution >= 0.6 is 0 Å². The first kappa shape index (κ1) is 15.8. The zero-order chi connectivity index (χ0) is 16.3. The summed E-state index contributed by atoms with van der Waals surface area (Å²) in [6, 6.07) is 7.18. The quantitative estimate of drug-likeness (QED) is 0.873. The Hall–Kier alpha value is -2.56. The number of carboxylic acids is 2. The molecule has 22 heavy (non-hydrogen) atoms. The zero-order valence-corrected chi connectivity index (χ0v) is 12.4. The van der Waals surface area contributed by atoms with Crippen LogP contribution in [0.4, 0.5) is 0 Å². The van der Waals surface area contributed by atoms with Gasteiger partial charge in [0.15, 0.2) is 0 Å². The number of carbonyl (C=O) groups is 2. The molecule has 1 aliphatic rings. The number of methoxy groups -OCH3 is 1. The smallest absolute Gasteiger partial charge is 0.331 e. The maximum Gasteiger partial charge on any atom is 0.331 e. The van der Waals surface area contributed by atoms with Gasteiger partial charge in [-0.05, 0) is 31.0 Å². The molecule has 0 bridgehead atoms. The Labute approximate surface area is 128 Å². The summed E-state index contributed by atoms with van der Waals surface area (Å²) < 4.78 is 5.09. The normalized spacial score (nSPS) is 23.7. The number of ether oxygens (including phenoxy) is 1. The van der Waals surface area contributed by atoms with E-state index in [1.54, 1.807) is 32.2 Å². The minimum Gasteiger partial charge on any atom is -0.497 e. The van der Waals surface area contributed by atoms with Crippen LogP contribution in [0, 0.1) is 11.3 Å². The van der Waals surface area contributed by atoms with Gasteiger partial charge in [-0.25, -0.2) is 4.79 Å². The van der Waals surface area contributed by atoms with Gasteiger partial charge in [0, 0.05) is 11.5 Å². The number of carboxylic acid groups (broad SMARTS) is 2. The third-order valence-corrected chi connectivity index (χ3v) is 4.12. The molecule has 0 aromatic heterocycles. The van der Waals surface area contributed by atoms with Gasteiger partial charge in [0.1, 0.15) is 5.75 Å². The first-order valence-corrected chi connectivity index (χ1v) is 6.87. The van der Waals surface area contributed by atoms with Crippen molar-refractivity contribution in [2.75, 3.05) is 7.11 Å². The number of aliphatic carboxylic acids is 2. The lowest BCUT2D eigenvalue weighted by atomic mass is 9.68. The van der Waals surface area contributed by atoms with Gasteiger partial charge >= 0.3 is 11.9 Å². The fourth-order valence-electron chi connectivity index (χ4n) is 2.67. The van der Waals surface area contributed by atoms with E-state index >= 15 is 0 Å². The van der Waals surface area contributed by atoms with Crippen molar-refractivity contribution in [1.82, 2.24) is 0 Å². The van der Waals surface area contributed by atoms with Gasteiger partial charge in [-0.2, -0.15) is 0 Å². The van der Waals surface area contributed by atoms with Crippen molar-refractivity contribution < 1.29 is 24.5 Å². The predicted octanol–water partition coefficient (Wildman–Crippen LogP) is 2.53. The highest BCUT2D eigenvalue weighted by Gasteiger charge is 2.44. The van der Waals surface area contributed by atoms with Crippen LogP contribution in [0.5, 0.6) is 5.75 Å². The molecule has 0 radical (unpaired) electrons. The molecule has 1 aromatic rings. The summed E-state index contributed by atoms with van der Waals surface area (Å²) in [7, 11) is 1.56. The maximum absolute atomic E-state index is 11.7. The van der Waals surface area contributed by atoms with E-state index in [-0.39, 0.29) is 5.57 Å². The Morgan fingerprint density at radius 2 is 1.86 bits per heavy atom. The van der Waals surface area contributed by atoms with E-state index in [1.807, 2.05) is 12.1 Å². The summed E-state index contributed by atoms with van der Waals surface area (Å²) in [5.41, 5.74) is -0.272. The van der Waals surface area contributed by atoms with Crippen LogP contribution in [0.15, 0.2) is 48.1 Å². The molecule has 0 aliphatic heterocycles. The lowest BCUT2D eigenvalue weighted by Gasteiger charge is -2.34. The largest absolute Gasteiger partial charge is 0.497 e. The lowest BCUT2D eigenvalue weighted by Crippen LogP contribution is -2.39. The van der Waals surface area contributed by atoms with Gasteiger partial charge in [0.2, 0.25) is 0 Å². The third-order valence-electron chi connectivity index (χ3n) is 4.12. The molecule has 2 unspecified atom stereocenters.